The molecule has 0 N–H and O–H groups in total. The highest BCUT2D eigenvalue weighted by Gasteiger charge is 2.43. The van der Waals surface area contributed by atoms with Crippen LogP contribution in [0.3, 0.4) is 0 Å². The van der Waals surface area contributed by atoms with Gasteiger partial charge in [-0.25, -0.2) is 9.18 Å². The van der Waals surface area contributed by atoms with Crippen LogP contribution < -0.4 is 4.90 Å². The van der Waals surface area contributed by atoms with Crippen molar-refractivity contribution in [3.05, 3.63) is 52.0 Å². The van der Waals surface area contributed by atoms with Crippen LogP contribution >= 0.6 is 11.3 Å². The number of ether oxygens (including phenoxy) is 1. The number of methoxy groups -OCH3 is 1. The first-order valence-corrected chi connectivity index (χ1v) is 9.88. The molecule has 4 rings (SSSR count). The van der Waals surface area contributed by atoms with E-state index in [9.17, 15) is 18.8 Å². The van der Waals surface area contributed by atoms with E-state index >= 15 is 0 Å². The Morgan fingerprint density at radius 2 is 1.96 bits per heavy atom. The van der Waals surface area contributed by atoms with Crippen LogP contribution in [0.2, 0.25) is 0 Å². The van der Waals surface area contributed by atoms with Crippen molar-refractivity contribution in [3.8, 4) is 0 Å². The largest absolute Gasteiger partial charge is 0.467 e. The van der Waals surface area contributed by atoms with E-state index < -0.39 is 17.9 Å². The minimum atomic E-state index is -0.775. The van der Waals surface area contributed by atoms with E-state index in [1.165, 1.54) is 41.2 Å². The Hall–Kier alpha value is -2.74. The molecule has 28 heavy (non-hydrogen) atoms. The Kier molecular flexibility index (Phi) is 4.89. The van der Waals surface area contributed by atoms with E-state index in [0.717, 1.165) is 10.4 Å². The summed E-state index contributed by atoms with van der Waals surface area (Å²) >= 11 is 1.56. The molecule has 0 spiro atoms. The smallest absolute Gasteiger partial charge is 0.333 e. The molecule has 0 radical (unpaired) electrons. The lowest BCUT2D eigenvalue weighted by atomic mass is 9.97. The van der Waals surface area contributed by atoms with Crippen LogP contribution in [0.1, 0.15) is 22.9 Å². The lowest BCUT2D eigenvalue weighted by Crippen LogP contribution is -2.46. The number of rotatable bonds is 3. The Morgan fingerprint density at radius 3 is 2.68 bits per heavy atom. The molecule has 2 amide bonds. The van der Waals surface area contributed by atoms with Crippen LogP contribution in [0.25, 0.3) is 0 Å². The van der Waals surface area contributed by atoms with Gasteiger partial charge in [-0.2, -0.15) is 0 Å². The van der Waals surface area contributed by atoms with Gasteiger partial charge in [0.2, 0.25) is 11.8 Å². The number of carbonyl (C=O) groups excluding carboxylic acids is 3. The van der Waals surface area contributed by atoms with Gasteiger partial charge in [-0.15, -0.1) is 11.3 Å². The maximum absolute atomic E-state index is 13.2. The summed E-state index contributed by atoms with van der Waals surface area (Å²) in [6.07, 6.45) is 0.742. The van der Waals surface area contributed by atoms with Crippen molar-refractivity contribution in [2.24, 2.45) is 5.92 Å². The monoisotopic (exact) mass is 402 g/mol. The van der Waals surface area contributed by atoms with E-state index in [0.29, 0.717) is 18.7 Å². The summed E-state index contributed by atoms with van der Waals surface area (Å²) in [4.78, 5) is 42.2. The summed E-state index contributed by atoms with van der Waals surface area (Å²) in [7, 11) is 1.31. The van der Waals surface area contributed by atoms with Crippen molar-refractivity contribution in [1.82, 2.24) is 4.90 Å². The lowest BCUT2D eigenvalue weighted by Gasteiger charge is -2.35. The fourth-order valence-electron chi connectivity index (χ4n) is 3.90. The molecule has 1 aromatic carbocycles. The maximum Gasteiger partial charge on any atom is 0.333 e. The highest BCUT2D eigenvalue weighted by atomic mass is 32.1. The molecule has 2 atom stereocenters. The van der Waals surface area contributed by atoms with Gasteiger partial charge in [0, 0.05) is 30.1 Å². The number of fused-ring (bicyclic) bond motifs is 1. The molecule has 2 aliphatic rings. The fourth-order valence-corrected chi connectivity index (χ4v) is 4.80. The number of benzene rings is 1. The van der Waals surface area contributed by atoms with E-state index in [4.69, 9.17) is 4.74 Å². The fraction of sp³-hybridized carbons (Fsp3) is 0.350. The van der Waals surface area contributed by atoms with Crippen LogP contribution in [0.15, 0.2) is 35.7 Å². The normalized spacial score (nSPS) is 21.6. The lowest BCUT2D eigenvalue weighted by molar-refractivity contribution is -0.155. The molecule has 1 aromatic heterocycles. The summed E-state index contributed by atoms with van der Waals surface area (Å²) in [6, 6.07) is 6.70. The molecule has 1 saturated heterocycles. The molecular formula is C20H19FN2O4S. The van der Waals surface area contributed by atoms with Gasteiger partial charge < -0.3 is 14.5 Å². The molecule has 2 aromatic rings. The Labute approximate surface area is 165 Å². The zero-order valence-electron chi connectivity index (χ0n) is 15.3. The minimum absolute atomic E-state index is 0.0666. The quantitative estimate of drug-likeness (QED) is 0.740. The van der Waals surface area contributed by atoms with Gasteiger partial charge in [0.1, 0.15) is 5.82 Å². The van der Waals surface area contributed by atoms with Crippen LogP contribution in [0.5, 0.6) is 0 Å². The van der Waals surface area contributed by atoms with Crippen LogP contribution in [0, 0.1) is 11.7 Å². The van der Waals surface area contributed by atoms with Gasteiger partial charge >= 0.3 is 5.97 Å². The number of hydrogen-bond donors (Lipinski definition) is 0. The Balaban J connectivity index is 1.56. The molecule has 146 valence electrons. The van der Waals surface area contributed by atoms with Gasteiger partial charge in [-0.1, -0.05) is 0 Å². The third-order valence-corrected chi connectivity index (χ3v) is 6.28. The summed E-state index contributed by atoms with van der Waals surface area (Å²) in [5.41, 5.74) is 1.36. The zero-order chi connectivity index (χ0) is 19.8. The van der Waals surface area contributed by atoms with E-state index in [-0.39, 0.29) is 30.6 Å². The first-order valence-electron chi connectivity index (χ1n) is 9.00. The first kappa shape index (κ1) is 18.6. The van der Waals surface area contributed by atoms with Crippen LogP contribution in [-0.2, 0) is 25.5 Å². The van der Waals surface area contributed by atoms with Crippen LogP contribution in [0.4, 0.5) is 10.1 Å². The van der Waals surface area contributed by atoms with Crippen molar-refractivity contribution < 1.29 is 23.5 Å². The van der Waals surface area contributed by atoms with Gasteiger partial charge in [0.05, 0.1) is 13.0 Å². The number of anilines is 1. The molecule has 0 bridgehead atoms. The van der Waals surface area contributed by atoms with Gasteiger partial charge in [-0.05, 0) is 47.7 Å². The number of carbonyl (C=O) groups is 3. The molecule has 2 aliphatic heterocycles. The van der Waals surface area contributed by atoms with Crippen molar-refractivity contribution in [3.63, 3.8) is 0 Å². The molecule has 0 aliphatic carbocycles. The van der Waals surface area contributed by atoms with Crippen molar-refractivity contribution >= 4 is 34.8 Å². The molecule has 0 saturated carbocycles. The summed E-state index contributed by atoms with van der Waals surface area (Å²) < 4.78 is 18.1. The summed E-state index contributed by atoms with van der Waals surface area (Å²) in [5.74, 6) is -1.83. The third-order valence-electron chi connectivity index (χ3n) is 5.29. The summed E-state index contributed by atoms with van der Waals surface area (Å²) in [5, 5.41) is 1.91. The predicted octanol–water partition coefficient (Wildman–Crippen LogP) is 2.54. The van der Waals surface area contributed by atoms with Gasteiger partial charge in [-0.3, -0.25) is 9.59 Å². The SMILES string of the molecule is COC(=O)C1c2ccsc2CCN1C(=O)C1CC(=O)N(c2ccc(F)cc2)C1. The van der Waals surface area contributed by atoms with E-state index in [1.807, 2.05) is 11.4 Å². The predicted molar refractivity (Wildman–Crippen MR) is 101 cm³/mol. The number of halogens is 1. The second-order valence-corrected chi connectivity index (χ2v) is 7.89. The average Bonchev–Trinajstić information content (AvgIpc) is 3.33. The third kappa shape index (κ3) is 3.17. The molecule has 1 fully saturated rings. The highest BCUT2D eigenvalue weighted by Crippen LogP contribution is 2.36. The number of hydrogen-bond acceptors (Lipinski definition) is 5. The van der Waals surface area contributed by atoms with Crippen molar-refractivity contribution in [2.45, 2.75) is 18.9 Å². The maximum atomic E-state index is 13.2. The molecule has 2 unspecified atom stereocenters. The van der Waals surface area contributed by atoms with Gasteiger partial charge in [0.25, 0.3) is 0 Å². The molecular weight excluding hydrogens is 383 g/mol. The van der Waals surface area contributed by atoms with E-state index in [1.54, 1.807) is 11.3 Å². The molecule has 8 heteroatoms. The van der Waals surface area contributed by atoms with Crippen LogP contribution in [-0.4, -0.2) is 42.9 Å². The Bertz CT molecular complexity index is 927. The van der Waals surface area contributed by atoms with E-state index in [2.05, 4.69) is 0 Å². The number of esters is 1. The molecule has 6 nitrogen and oxygen atoms in total. The average molecular weight is 402 g/mol. The number of amides is 2. The van der Waals surface area contributed by atoms with Crippen molar-refractivity contribution in [1.29, 1.82) is 0 Å². The number of thiophene rings is 1. The highest BCUT2D eigenvalue weighted by molar-refractivity contribution is 7.10. The standard InChI is InChI=1S/C20H19FN2O4S/c1-27-20(26)18-15-7-9-28-16(15)6-8-22(18)19(25)12-10-17(24)23(11-12)14-4-2-13(21)3-5-14/h2-5,7,9,12,18H,6,8,10-11H2,1H3. The second-order valence-electron chi connectivity index (χ2n) is 6.89. The van der Waals surface area contributed by atoms with Crippen molar-refractivity contribution in [2.75, 3.05) is 25.1 Å². The van der Waals surface area contributed by atoms with Gasteiger partial charge in [0.15, 0.2) is 6.04 Å². The number of nitrogens with zero attached hydrogens (tertiary/aromatic N) is 2. The topological polar surface area (TPSA) is 66.9 Å². The zero-order valence-corrected chi connectivity index (χ0v) is 16.1. The summed E-state index contributed by atoms with van der Waals surface area (Å²) in [6.45, 7) is 0.623. The molecule has 3 heterocycles. The second kappa shape index (κ2) is 7.35. The minimum Gasteiger partial charge on any atom is -0.467 e. The first-order chi connectivity index (χ1) is 13.5. The Morgan fingerprint density at radius 1 is 1.21 bits per heavy atom.